The highest BCUT2D eigenvalue weighted by Crippen LogP contribution is 2.37. The summed E-state index contributed by atoms with van der Waals surface area (Å²) < 4.78 is 11.2. The van der Waals surface area contributed by atoms with E-state index in [1.54, 1.807) is 13.8 Å². The Morgan fingerprint density at radius 2 is 1.77 bits per heavy atom. The molecule has 1 heterocycles. The summed E-state index contributed by atoms with van der Waals surface area (Å²) in [4.78, 5) is 39.8. The fourth-order valence-corrected chi connectivity index (χ4v) is 4.02. The number of benzene rings is 2. The van der Waals surface area contributed by atoms with Gasteiger partial charge in [0.25, 0.3) is 0 Å². The number of amides is 2. The molecule has 1 atom stereocenters. The third-order valence-electron chi connectivity index (χ3n) is 5.86. The van der Waals surface area contributed by atoms with Crippen LogP contribution in [0.15, 0.2) is 65.9 Å². The molecule has 0 spiro atoms. The average Bonchev–Trinajstić information content (AvgIpc) is 2.84. The second-order valence-electron chi connectivity index (χ2n) is 9.00. The molecular formula is C28H34N2O5. The number of carbonyl (C=O) groups excluding carboxylic acids is 3. The Morgan fingerprint density at radius 1 is 1.09 bits per heavy atom. The van der Waals surface area contributed by atoms with Crippen LogP contribution in [0.25, 0.3) is 0 Å². The summed E-state index contributed by atoms with van der Waals surface area (Å²) in [5, 5.41) is 2.83. The number of hydrogen-bond donors (Lipinski definition) is 1. The van der Waals surface area contributed by atoms with Crippen molar-refractivity contribution < 1.29 is 23.9 Å². The molecule has 2 amide bonds. The van der Waals surface area contributed by atoms with E-state index in [9.17, 15) is 14.4 Å². The van der Waals surface area contributed by atoms with Crippen LogP contribution in [-0.2, 0) is 25.7 Å². The molecule has 2 aromatic carbocycles. The van der Waals surface area contributed by atoms with Crippen LogP contribution >= 0.6 is 0 Å². The molecule has 1 aliphatic heterocycles. The molecule has 0 radical (unpaired) electrons. The summed E-state index contributed by atoms with van der Waals surface area (Å²) >= 11 is 0. The third-order valence-corrected chi connectivity index (χ3v) is 5.86. The van der Waals surface area contributed by atoms with Crippen molar-refractivity contribution in [3.63, 3.8) is 0 Å². The van der Waals surface area contributed by atoms with Gasteiger partial charge in [-0.3, -0.25) is 9.59 Å². The van der Waals surface area contributed by atoms with Crippen LogP contribution in [0.4, 0.5) is 0 Å². The zero-order valence-electron chi connectivity index (χ0n) is 20.9. The van der Waals surface area contributed by atoms with E-state index in [2.05, 4.69) is 5.32 Å². The standard InChI is InChI=1S/C28H34N2O5/c1-5-34-28(33)27-20(4)30(17-25(31)29-16-19(2)3)26(32)15-24(27)22-11-13-23(14-12-22)35-18-21-9-7-6-8-10-21/h6-14,19,24H,5,15-18H2,1-4H3,(H,29,31). The van der Waals surface area contributed by atoms with E-state index in [1.807, 2.05) is 68.4 Å². The molecule has 7 nitrogen and oxygen atoms in total. The van der Waals surface area contributed by atoms with Crippen LogP contribution < -0.4 is 10.1 Å². The molecule has 7 heteroatoms. The highest BCUT2D eigenvalue weighted by Gasteiger charge is 2.37. The lowest BCUT2D eigenvalue weighted by Gasteiger charge is -2.34. The molecule has 1 unspecified atom stereocenters. The van der Waals surface area contributed by atoms with Crippen LogP contribution in [0.3, 0.4) is 0 Å². The molecule has 35 heavy (non-hydrogen) atoms. The van der Waals surface area contributed by atoms with Gasteiger partial charge < -0.3 is 19.7 Å². The van der Waals surface area contributed by atoms with Gasteiger partial charge in [-0.15, -0.1) is 0 Å². The Kier molecular flexibility index (Phi) is 9.06. The highest BCUT2D eigenvalue weighted by molar-refractivity contribution is 5.97. The zero-order valence-corrected chi connectivity index (χ0v) is 20.9. The molecule has 0 aliphatic carbocycles. The highest BCUT2D eigenvalue weighted by atomic mass is 16.5. The fraction of sp³-hybridized carbons (Fsp3) is 0.393. The molecule has 1 aliphatic rings. The predicted molar refractivity (Wildman–Crippen MR) is 133 cm³/mol. The summed E-state index contributed by atoms with van der Waals surface area (Å²) in [5.41, 5.74) is 2.74. The van der Waals surface area contributed by atoms with Crippen molar-refractivity contribution in [3.8, 4) is 5.75 Å². The molecule has 186 valence electrons. The second-order valence-corrected chi connectivity index (χ2v) is 9.00. The molecule has 0 saturated heterocycles. The topological polar surface area (TPSA) is 84.9 Å². The van der Waals surface area contributed by atoms with Gasteiger partial charge in [0, 0.05) is 24.6 Å². The van der Waals surface area contributed by atoms with Gasteiger partial charge in [-0.05, 0) is 43.0 Å². The quantitative estimate of drug-likeness (QED) is 0.518. The summed E-state index contributed by atoms with van der Waals surface area (Å²) in [6.45, 7) is 8.50. The summed E-state index contributed by atoms with van der Waals surface area (Å²) in [6, 6.07) is 17.3. The molecule has 0 aromatic heterocycles. The lowest BCUT2D eigenvalue weighted by Crippen LogP contribution is -2.44. The van der Waals surface area contributed by atoms with E-state index < -0.39 is 11.9 Å². The Labute approximate surface area is 207 Å². The summed E-state index contributed by atoms with van der Waals surface area (Å²) in [6.07, 6.45) is 0.0766. The Morgan fingerprint density at radius 3 is 2.40 bits per heavy atom. The van der Waals surface area contributed by atoms with Crippen LogP contribution in [0.1, 0.15) is 51.2 Å². The van der Waals surface area contributed by atoms with E-state index in [4.69, 9.17) is 9.47 Å². The Balaban J connectivity index is 1.81. The van der Waals surface area contributed by atoms with E-state index in [1.165, 1.54) is 4.90 Å². The van der Waals surface area contributed by atoms with Crippen molar-refractivity contribution in [2.75, 3.05) is 19.7 Å². The maximum Gasteiger partial charge on any atom is 0.336 e. The fourth-order valence-electron chi connectivity index (χ4n) is 4.02. The van der Waals surface area contributed by atoms with Gasteiger partial charge in [0.05, 0.1) is 12.2 Å². The van der Waals surface area contributed by atoms with Gasteiger partial charge in [0.15, 0.2) is 0 Å². The van der Waals surface area contributed by atoms with Crippen molar-refractivity contribution in [2.45, 2.75) is 46.6 Å². The van der Waals surface area contributed by atoms with E-state index in [-0.39, 0.29) is 31.4 Å². The van der Waals surface area contributed by atoms with Crippen molar-refractivity contribution in [1.29, 1.82) is 0 Å². The number of hydrogen-bond acceptors (Lipinski definition) is 5. The van der Waals surface area contributed by atoms with Gasteiger partial charge in [-0.1, -0.05) is 56.3 Å². The van der Waals surface area contributed by atoms with Crippen LogP contribution in [-0.4, -0.2) is 42.4 Å². The maximum absolute atomic E-state index is 13.0. The Hall–Kier alpha value is -3.61. The first-order valence-electron chi connectivity index (χ1n) is 12.0. The number of nitrogens with zero attached hydrogens (tertiary/aromatic N) is 1. The van der Waals surface area contributed by atoms with Gasteiger partial charge in [-0.25, -0.2) is 4.79 Å². The minimum atomic E-state index is -0.473. The normalized spacial score (nSPS) is 15.9. The molecule has 0 fully saturated rings. The maximum atomic E-state index is 13.0. The molecule has 2 aromatic rings. The third kappa shape index (κ3) is 6.94. The Bertz CT molecular complexity index is 1060. The second kappa shape index (κ2) is 12.2. The van der Waals surface area contributed by atoms with Crippen molar-refractivity contribution in [3.05, 3.63) is 77.0 Å². The molecular weight excluding hydrogens is 444 g/mol. The number of rotatable bonds is 10. The van der Waals surface area contributed by atoms with E-state index in [0.29, 0.717) is 36.1 Å². The van der Waals surface area contributed by atoms with Gasteiger partial charge >= 0.3 is 5.97 Å². The first kappa shape index (κ1) is 26.0. The number of nitrogens with one attached hydrogen (secondary N) is 1. The number of esters is 1. The van der Waals surface area contributed by atoms with Crippen molar-refractivity contribution in [2.24, 2.45) is 5.92 Å². The monoisotopic (exact) mass is 478 g/mol. The van der Waals surface area contributed by atoms with Crippen molar-refractivity contribution >= 4 is 17.8 Å². The molecule has 3 rings (SSSR count). The van der Waals surface area contributed by atoms with Crippen LogP contribution in [0.5, 0.6) is 5.75 Å². The first-order chi connectivity index (χ1) is 16.8. The van der Waals surface area contributed by atoms with E-state index >= 15 is 0 Å². The van der Waals surface area contributed by atoms with E-state index in [0.717, 1.165) is 11.1 Å². The van der Waals surface area contributed by atoms with Gasteiger partial charge in [0.1, 0.15) is 18.9 Å². The predicted octanol–water partition coefficient (Wildman–Crippen LogP) is 4.19. The lowest BCUT2D eigenvalue weighted by atomic mass is 9.83. The number of allylic oxidation sites excluding steroid dienone is 1. The summed E-state index contributed by atoms with van der Waals surface area (Å²) in [5.74, 6) is -0.398. The minimum Gasteiger partial charge on any atom is -0.489 e. The lowest BCUT2D eigenvalue weighted by molar-refractivity contribution is -0.141. The zero-order chi connectivity index (χ0) is 25.4. The number of carbonyl (C=O) groups is 3. The van der Waals surface area contributed by atoms with Crippen molar-refractivity contribution in [1.82, 2.24) is 10.2 Å². The molecule has 0 bridgehead atoms. The largest absolute Gasteiger partial charge is 0.489 e. The smallest absolute Gasteiger partial charge is 0.336 e. The SMILES string of the molecule is CCOC(=O)C1=C(C)N(CC(=O)NCC(C)C)C(=O)CC1c1ccc(OCc2ccccc2)cc1. The molecule has 1 N–H and O–H groups in total. The number of ether oxygens (including phenoxy) is 2. The van der Waals surface area contributed by atoms with Gasteiger partial charge in [-0.2, -0.15) is 0 Å². The summed E-state index contributed by atoms with van der Waals surface area (Å²) in [7, 11) is 0. The van der Waals surface area contributed by atoms with Crippen LogP contribution in [0, 0.1) is 5.92 Å². The minimum absolute atomic E-state index is 0.0766. The van der Waals surface area contributed by atoms with Gasteiger partial charge in [0.2, 0.25) is 11.8 Å². The molecule has 0 saturated carbocycles. The first-order valence-corrected chi connectivity index (χ1v) is 12.0. The van der Waals surface area contributed by atoms with Crippen LogP contribution in [0.2, 0.25) is 0 Å². The average molecular weight is 479 g/mol.